The van der Waals surface area contributed by atoms with E-state index in [1.807, 2.05) is 6.92 Å². The lowest BCUT2D eigenvalue weighted by molar-refractivity contribution is -0.149. The van der Waals surface area contributed by atoms with Crippen LogP contribution in [0.4, 0.5) is 0 Å². The van der Waals surface area contributed by atoms with Crippen LogP contribution in [0.25, 0.3) is 0 Å². The normalized spacial score (nSPS) is 24.4. The Balaban J connectivity index is 1.86. The van der Waals surface area contributed by atoms with E-state index in [4.69, 9.17) is 4.74 Å². The molecule has 20 heavy (non-hydrogen) atoms. The Kier molecular flexibility index (Phi) is 5.41. The average molecular weight is 283 g/mol. The fourth-order valence-electron chi connectivity index (χ4n) is 3.01. The van der Waals surface area contributed by atoms with Crippen LogP contribution in [0.3, 0.4) is 0 Å². The van der Waals surface area contributed by atoms with Crippen LogP contribution in [0.15, 0.2) is 0 Å². The van der Waals surface area contributed by atoms with Gasteiger partial charge in [-0.05, 0) is 32.7 Å². The molecule has 0 bridgehead atoms. The van der Waals surface area contributed by atoms with Crippen molar-refractivity contribution >= 4 is 5.97 Å². The Bertz CT molecular complexity index is 325. The number of carbonyl (C=O) groups excluding carboxylic acids is 1. The molecule has 0 radical (unpaired) electrons. The highest BCUT2D eigenvalue weighted by atomic mass is 16.5. The SMILES string of the molecule is CCCN1CCN(CC(C)(NC2CC2)C(=O)OC)CC1. The number of carbonyl (C=O) groups is 1. The predicted octanol–water partition coefficient (Wildman–Crippen LogP) is 0.698. The van der Waals surface area contributed by atoms with Gasteiger partial charge in [-0.3, -0.25) is 15.0 Å². The van der Waals surface area contributed by atoms with E-state index in [-0.39, 0.29) is 5.97 Å². The van der Waals surface area contributed by atoms with E-state index in [1.165, 1.54) is 32.9 Å². The van der Waals surface area contributed by atoms with Crippen molar-refractivity contribution < 1.29 is 9.53 Å². The van der Waals surface area contributed by atoms with Gasteiger partial charge in [0.15, 0.2) is 0 Å². The molecule has 0 aromatic rings. The first kappa shape index (κ1) is 15.7. The van der Waals surface area contributed by atoms with Gasteiger partial charge < -0.3 is 9.64 Å². The van der Waals surface area contributed by atoms with E-state index < -0.39 is 5.54 Å². The number of hydrogen-bond acceptors (Lipinski definition) is 5. The van der Waals surface area contributed by atoms with Gasteiger partial charge in [0.05, 0.1) is 7.11 Å². The molecule has 5 nitrogen and oxygen atoms in total. The van der Waals surface area contributed by atoms with Crippen LogP contribution in [-0.4, -0.2) is 73.7 Å². The van der Waals surface area contributed by atoms with Gasteiger partial charge in [-0.25, -0.2) is 0 Å². The predicted molar refractivity (Wildman–Crippen MR) is 79.7 cm³/mol. The first-order chi connectivity index (χ1) is 9.57. The molecule has 1 N–H and O–H groups in total. The fraction of sp³-hybridized carbons (Fsp3) is 0.933. The second kappa shape index (κ2) is 6.87. The van der Waals surface area contributed by atoms with Gasteiger partial charge in [0, 0.05) is 38.8 Å². The number of esters is 1. The number of nitrogens with one attached hydrogen (secondary N) is 1. The molecule has 1 atom stereocenters. The smallest absolute Gasteiger partial charge is 0.327 e. The van der Waals surface area contributed by atoms with Gasteiger partial charge in [0.1, 0.15) is 5.54 Å². The maximum Gasteiger partial charge on any atom is 0.327 e. The minimum absolute atomic E-state index is 0.139. The molecular formula is C15H29N3O2. The highest BCUT2D eigenvalue weighted by molar-refractivity contribution is 5.80. The summed E-state index contributed by atoms with van der Waals surface area (Å²) in [6, 6.07) is 0.500. The third-order valence-electron chi connectivity index (χ3n) is 4.28. The molecule has 0 amide bonds. The zero-order valence-corrected chi connectivity index (χ0v) is 13.2. The summed E-state index contributed by atoms with van der Waals surface area (Å²) < 4.78 is 5.01. The van der Waals surface area contributed by atoms with Crippen molar-refractivity contribution in [2.75, 3.05) is 46.4 Å². The summed E-state index contributed by atoms with van der Waals surface area (Å²) in [6.07, 6.45) is 3.57. The summed E-state index contributed by atoms with van der Waals surface area (Å²) in [4.78, 5) is 17.0. The number of rotatable bonds is 7. The van der Waals surface area contributed by atoms with E-state index >= 15 is 0 Å². The molecule has 1 saturated carbocycles. The topological polar surface area (TPSA) is 44.8 Å². The Morgan fingerprint density at radius 3 is 2.35 bits per heavy atom. The highest BCUT2D eigenvalue weighted by Crippen LogP contribution is 2.24. The molecule has 1 unspecified atom stereocenters. The zero-order valence-electron chi connectivity index (χ0n) is 13.2. The van der Waals surface area contributed by atoms with Crippen molar-refractivity contribution in [3.8, 4) is 0 Å². The maximum atomic E-state index is 12.1. The Labute approximate surface area is 122 Å². The molecule has 2 rings (SSSR count). The quantitative estimate of drug-likeness (QED) is 0.697. The molecule has 116 valence electrons. The largest absolute Gasteiger partial charge is 0.468 e. The van der Waals surface area contributed by atoms with Gasteiger partial charge in [-0.15, -0.1) is 0 Å². The van der Waals surface area contributed by atoms with Crippen LogP contribution in [-0.2, 0) is 9.53 Å². The maximum absolute atomic E-state index is 12.1. The molecular weight excluding hydrogens is 254 g/mol. The van der Waals surface area contributed by atoms with E-state index in [2.05, 4.69) is 22.0 Å². The minimum Gasteiger partial charge on any atom is -0.468 e. The first-order valence-electron chi connectivity index (χ1n) is 7.88. The van der Waals surface area contributed by atoms with Crippen molar-refractivity contribution in [3.05, 3.63) is 0 Å². The lowest BCUT2D eigenvalue weighted by Gasteiger charge is -2.39. The standard InChI is InChI=1S/C15H29N3O2/c1-4-7-17-8-10-18(11-9-17)12-15(2,14(19)20-3)16-13-5-6-13/h13,16H,4-12H2,1-3H3. The molecule has 2 fully saturated rings. The van der Waals surface area contributed by atoms with Crippen LogP contribution < -0.4 is 5.32 Å². The second-order valence-electron chi connectivity index (χ2n) is 6.36. The Morgan fingerprint density at radius 1 is 1.25 bits per heavy atom. The number of methoxy groups -OCH3 is 1. The monoisotopic (exact) mass is 283 g/mol. The lowest BCUT2D eigenvalue weighted by atomic mass is 10.0. The molecule has 1 aliphatic heterocycles. The van der Waals surface area contributed by atoms with Gasteiger partial charge in [0.25, 0.3) is 0 Å². The lowest BCUT2D eigenvalue weighted by Crippen LogP contribution is -2.60. The van der Waals surface area contributed by atoms with Crippen LogP contribution in [0.5, 0.6) is 0 Å². The molecule has 1 heterocycles. The summed E-state index contributed by atoms with van der Waals surface area (Å²) in [7, 11) is 1.48. The van der Waals surface area contributed by atoms with Gasteiger partial charge in [0.2, 0.25) is 0 Å². The van der Waals surface area contributed by atoms with E-state index in [9.17, 15) is 4.79 Å². The number of nitrogens with zero attached hydrogens (tertiary/aromatic N) is 2. The zero-order chi connectivity index (χ0) is 14.6. The fourth-order valence-corrected chi connectivity index (χ4v) is 3.01. The molecule has 0 aromatic carbocycles. The molecule has 1 saturated heterocycles. The Morgan fingerprint density at radius 2 is 1.85 bits per heavy atom. The van der Waals surface area contributed by atoms with Gasteiger partial charge in [-0.2, -0.15) is 0 Å². The summed E-state index contributed by atoms with van der Waals surface area (Å²) in [5.74, 6) is -0.139. The molecule has 0 spiro atoms. The van der Waals surface area contributed by atoms with Crippen LogP contribution in [0.1, 0.15) is 33.1 Å². The molecule has 1 aliphatic carbocycles. The van der Waals surface area contributed by atoms with E-state index in [0.29, 0.717) is 6.04 Å². The van der Waals surface area contributed by atoms with Crippen molar-refractivity contribution in [1.82, 2.24) is 15.1 Å². The van der Waals surface area contributed by atoms with Crippen molar-refractivity contribution in [2.24, 2.45) is 0 Å². The minimum atomic E-state index is -0.567. The number of ether oxygens (including phenoxy) is 1. The van der Waals surface area contributed by atoms with Crippen molar-refractivity contribution in [3.63, 3.8) is 0 Å². The summed E-state index contributed by atoms with van der Waals surface area (Å²) in [5.41, 5.74) is -0.567. The summed E-state index contributed by atoms with van der Waals surface area (Å²) >= 11 is 0. The Hall–Kier alpha value is -0.650. The van der Waals surface area contributed by atoms with E-state index in [0.717, 1.165) is 32.7 Å². The number of hydrogen-bond donors (Lipinski definition) is 1. The molecule has 2 aliphatic rings. The van der Waals surface area contributed by atoms with Crippen molar-refractivity contribution in [2.45, 2.75) is 44.7 Å². The van der Waals surface area contributed by atoms with Crippen LogP contribution >= 0.6 is 0 Å². The van der Waals surface area contributed by atoms with Gasteiger partial charge >= 0.3 is 5.97 Å². The molecule has 5 heteroatoms. The number of piperazine rings is 1. The van der Waals surface area contributed by atoms with Crippen LogP contribution in [0.2, 0.25) is 0 Å². The van der Waals surface area contributed by atoms with Gasteiger partial charge in [-0.1, -0.05) is 6.92 Å². The summed E-state index contributed by atoms with van der Waals surface area (Å²) in [5, 5.41) is 3.47. The average Bonchev–Trinajstić information content (AvgIpc) is 3.24. The van der Waals surface area contributed by atoms with E-state index in [1.54, 1.807) is 0 Å². The third-order valence-corrected chi connectivity index (χ3v) is 4.28. The second-order valence-corrected chi connectivity index (χ2v) is 6.36. The van der Waals surface area contributed by atoms with Crippen molar-refractivity contribution in [1.29, 1.82) is 0 Å². The van der Waals surface area contributed by atoms with Crippen LogP contribution in [0, 0.1) is 0 Å². The third kappa shape index (κ3) is 4.17. The summed E-state index contributed by atoms with van der Waals surface area (Å²) in [6.45, 7) is 10.4. The molecule has 0 aromatic heterocycles. The first-order valence-corrected chi connectivity index (χ1v) is 7.88. The highest BCUT2D eigenvalue weighted by Gasteiger charge is 2.41.